The van der Waals surface area contributed by atoms with E-state index in [0.717, 1.165) is 18.3 Å². The van der Waals surface area contributed by atoms with E-state index in [1.54, 1.807) is 0 Å². The molecule has 2 nitrogen and oxygen atoms in total. The Hall–Kier alpha value is -1.31. The van der Waals surface area contributed by atoms with E-state index in [4.69, 9.17) is 4.74 Å². The van der Waals surface area contributed by atoms with Crippen LogP contribution in [0, 0.1) is 17.8 Å². The van der Waals surface area contributed by atoms with Gasteiger partial charge in [0.25, 0.3) is 0 Å². The minimum Gasteiger partial charge on any atom is -0.427 e. The smallest absolute Gasteiger partial charge is 0.311 e. The van der Waals surface area contributed by atoms with Crippen molar-refractivity contribution in [3.63, 3.8) is 0 Å². The summed E-state index contributed by atoms with van der Waals surface area (Å²) in [7, 11) is 0. The molecule has 2 bridgehead atoms. The molecule has 0 radical (unpaired) electrons. The summed E-state index contributed by atoms with van der Waals surface area (Å²) >= 11 is 0. The van der Waals surface area contributed by atoms with Gasteiger partial charge >= 0.3 is 5.97 Å². The number of hydrogen-bond acceptors (Lipinski definition) is 2. The van der Waals surface area contributed by atoms with E-state index in [1.807, 2.05) is 18.2 Å². The van der Waals surface area contributed by atoms with Gasteiger partial charge in [-0.15, -0.1) is 0 Å². The van der Waals surface area contributed by atoms with Gasteiger partial charge in [0.2, 0.25) is 0 Å². The lowest BCUT2D eigenvalue weighted by Gasteiger charge is -2.20. The molecule has 0 aliphatic heterocycles. The molecule has 1 aromatic rings. The molecule has 0 spiro atoms. The zero-order valence-corrected chi connectivity index (χ0v) is 13.2. The fraction of sp³-hybridized carbons (Fsp3) is 0.632. The van der Waals surface area contributed by atoms with Crippen LogP contribution in [0.4, 0.5) is 0 Å². The third-order valence-corrected chi connectivity index (χ3v) is 5.58. The van der Waals surface area contributed by atoms with Crippen molar-refractivity contribution in [1.29, 1.82) is 0 Å². The zero-order chi connectivity index (χ0) is 14.8. The number of carbonyl (C=O) groups excluding carboxylic acids is 1. The monoisotopic (exact) mass is 286 g/mol. The van der Waals surface area contributed by atoms with E-state index in [2.05, 4.69) is 19.9 Å². The average Bonchev–Trinajstić information content (AvgIpc) is 3.09. The van der Waals surface area contributed by atoms with Crippen LogP contribution in [0.1, 0.15) is 63.9 Å². The Morgan fingerprint density at radius 1 is 1.33 bits per heavy atom. The third-order valence-electron chi connectivity index (χ3n) is 5.58. The third kappa shape index (κ3) is 3.30. The van der Waals surface area contributed by atoms with Crippen LogP contribution in [0.5, 0.6) is 5.75 Å². The molecule has 4 unspecified atom stereocenters. The van der Waals surface area contributed by atoms with Crippen LogP contribution in [-0.4, -0.2) is 5.97 Å². The van der Waals surface area contributed by atoms with E-state index in [1.165, 1.54) is 31.2 Å². The number of hydrogen-bond donors (Lipinski definition) is 0. The lowest BCUT2D eigenvalue weighted by molar-refractivity contribution is -0.135. The fourth-order valence-corrected chi connectivity index (χ4v) is 4.13. The van der Waals surface area contributed by atoms with Crippen molar-refractivity contribution >= 4 is 5.97 Å². The molecular weight excluding hydrogens is 260 g/mol. The van der Waals surface area contributed by atoms with Crippen LogP contribution in [0.15, 0.2) is 24.3 Å². The first-order valence-corrected chi connectivity index (χ1v) is 8.46. The van der Waals surface area contributed by atoms with E-state index in [-0.39, 0.29) is 5.97 Å². The quantitative estimate of drug-likeness (QED) is 0.566. The Bertz CT molecular complexity index is 508. The Kier molecular flexibility index (Phi) is 4.32. The molecule has 0 heterocycles. The van der Waals surface area contributed by atoms with Crippen molar-refractivity contribution in [1.82, 2.24) is 0 Å². The van der Waals surface area contributed by atoms with Crippen molar-refractivity contribution in [2.24, 2.45) is 17.8 Å². The molecule has 0 amide bonds. The molecule has 0 saturated heterocycles. The van der Waals surface area contributed by atoms with E-state index in [9.17, 15) is 4.79 Å². The molecule has 3 rings (SSSR count). The SMILES string of the molecule is CCC(C)c1cccc(OC(=O)CC2CC3CCC2C3)c1. The summed E-state index contributed by atoms with van der Waals surface area (Å²) in [4.78, 5) is 12.2. The molecule has 2 fully saturated rings. The zero-order valence-electron chi connectivity index (χ0n) is 13.2. The molecule has 21 heavy (non-hydrogen) atoms. The molecule has 2 heteroatoms. The number of esters is 1. The van der Waals surface area contributed by atoms with E-state index in [0.29, 0.717) is 24.0 Å². The Morgan fingerprint density at radius 2 is 2.19 bits per heavy atom. The molecule has 0 N–H and O–H groups in total. The fourth-order valence-electron chi connectivity index (χ4n) is 4.13. The minimum absolute atomic E-state index is 0.0474. The number of ether oxygens (including phenoxy) is 1. The highest BCUT2D eigenvalue weighted by Crippen LogP contribution is 2.49. The van der Waals surface area contributed by atoms with Gasteiger partial charge in [0.05, 0.1) is 0 Å². The van der Waals surface area contributed by atoms with E-state index < -0.39 is 0 Å². The highest BCUT2D eigenvalue weighted by molar-refractivity contribution is 5.72. The van der Waals surface area contributed by atoms with Gasteiger partial charge in [-0.1, -0.05) is 32.4 Å². The highest BCUT2D eigenvalue weighted by Gasteiger charge is 2.40. The molecule has 4 atom stereocenters. The van der Waals surface area contributed by atoms with Gasteiger partial charge in [-0.25, -0.2) is 0 Å². The van der Waals surface area contributed by atoms with Gasteiger partial charge in [0, 0.05) is 6.42 Å². The normalized spacial score (nSPS) is 28.6. The Balaban J connectivity index is 1.57. The molecule has 2 aliphatic rings. The standard InChI is InChI=1S/C19H26O2/c1-3-13(2)15-5-4-6-18(11-15)21-19(20)12-17-10-14-7-8-16(17)9-14/h4-6,11,13-14,16-17H,3,7-10,12H2,1-2H3. The van der Waals surface area contributed by atoms with Gasteiger partial charge in [0.1, 0.15) is 5.75 Å². The maximum absolute atomic E-state index is 12.2. The van der Waals surface area contributed by atoms with Crippen molar-refractivity contribution in [2.45, 2.75) is 58.3 Å². The summed E-state index contributed by atoms with van der Waals surface area (Å²) in [6.07, 6.45) is 7.00. The largest absolute Gasteiger partial charge is 0.427 e. The van der Waals surface area contributed by atoms with Gasteiger partial charge < -0.3 is 4.74 Å². The van der Waals surface area contributed by atoms with Crippen LogP contribution in [0.25, 0.3) is 0 Å². The molecular formula is C19H26O2. The molecule has 114 valence electrons. The number of carbonyl (C=O) groups is 1. The van der Waals surface area contributed by atoms with Gasteiger partial charge in [-0.3, -0.25) is 4.79 Å². The maximum Gasteiger partial charge on any atom is 0.311 e. The predicted octanol–water partition coefficient (Wildman–Crippen LogP) is 4.93. The Morgan fingerprint density at radius 3 is 2.86 bits per heavy atom. The van der Waals surface area contributed by atoms with Gasteiger partial charge in [0.15, 0.2) is 0 Å². The minimum atomic E-state index is -0.0474. The first-order valence-electron chi connectivity index (χ1n) is 8.46. The first kappa shape index (κ1) is 14.6. The van der Waals surface area contributed by atoms with Gasteiger partial charge in [-0.2, -0.15) is 0 Å². The van der Waals surface area contributed by atoms with Crippen LogP contribution >= 0.6 is 0 Å². The van der Waals surface area contributed by atoms with E-state index >= 15 is 0 Å². The summed E-state index contributed by atoms with van der Waals surface area (Å²) < 4.78 is 5.58. The maximum atomic E-state index is 12.2. The van der Waals surface area contributed by atoms with Crippen LogP contribution in [0.2, 0.25) is 0 Å². The predicted molar refractivity (Wildman–Crippen MR) is 84.3 cm³/mol. The number of rotatable bonds is 5. The van der Waals surface area contributed by atoms with Crippen molar-refractivity contribution in [2.75, 3.05) is 0 Å². The summed E-state index contributed by atoms with van der Waals surface area (Å²) in [6, 6.07) is 8.01. The second kappa shape index (κ2) is 6.21. The first-order chi connectivity index (χ1) is 10.2. The number of fused-ring (bicyclic) bond motifs is 2. The summed E-state index contributed by atoms with van der Waals surface area (Å²) in [5.41, 5.74) is 1.25. The summed E-state index contributed by atoms with van der Waals surface area (Å²) in [5.74, 6) is 3.42. The van der Waals surface area contributed by atoms with Crippen molar-refractivity contribution < 1.29 is 9.53 Å². The molecule has 2 saturated carbocycles. The second-order valence-electron chi connectivity index (χ2n) is 6.99. The topological polar surface area (TPSA) is 26.3 Å². The Labute approximate surface area is 127 Å². The lowest BCUT2D eigenvalue weighted by atomic mass is 9.86. The molecule has 0 aromatic heterocycles. The second-order valence-corrected chi connectivity index (χ2v) is 6.99. The highest BCUT2D eigenvalue weighted by atomic mass is 16.5. The van der Waals surface area contributed by atoms with Crippen molar-refractivity contribution in [3.05, 3.63) is 29.8 Å². The van der Waals surface area contributed by atoms with Gasteiger partial charge in [-0.05, 0) is 67.1 Å². The molecule has 1 aromatic carbocycles. The summed E-state index contributed by atoms with van der Waals surface area (Å²) in [5, 5.41) is 0. The average molecular weight is 286 g/mol. The van der Waals surface area contributed by atoms with Crippen LogP contribution in [0.3, 0.4) is 0 Å². The summed E-state index contributed by atoms with van der Waals surface area (Å²) in [6.45, 7) is 4.38. The van der Waals surface area contributed by atoms with Crippen molar-refractivity contribution in [3.8, 4) is 5.75 Å². The number of benzene rings is 1. The molecule has 2 aliphatic carbocycles. The van der Waals surface area contributed by atoms with Crippen LogP contribution in [-0.2, 0) is 4.79 Å². The lowest BCUT2D eigenvalue weighted by Crippen LogP contribution is -2.18. The van der Waals surface area contributed by atoms with Crippen LogP contribution < -0.4 is 4.74 Å².